The Morgan fingerprint density at radius 1 is 1.13 bits per heavy atom. The molecule has 2 rings (SSSR count). The lowest BCUT2D eigenvalue weighted by Gasteiger charge is -2.23. The fourth-order valence-electron chi connectivity index (χ4n) is 2.15. The second-order valence-corrected chi connectivity index (χ2v) is 4.98. The molecule has 0 unspecified atom stereocenters. The molecule has 2 aliphatic rings. The molecular formula is C11H15NO2S. The molecule has 0 radical (unpaired) electrons. The predicted molar refractivity (Wildman–Crippen MR) is 60.8 cm³/mol. The van der Waals surface area contributed by atoms with Crippen LogP contribution in [-0.4, -0.2) is 41.1 Å². The van der Waals surface area contributed by atoms with Gasteiger partial charge in [0, 0.05) is 18.8 Å². The standard InChI is InChI=1S/C11H15NO2S/c1-8(12-4-2-3-5-12)11-9(13)6-15-7-10(11)14/h2-7H2,1H3. The van der Waals surface area contributed by atoms with Crippen molar-refractivity contribution in [1.29, 1.82) is 0 Å². The normalized spacial score (nSPS) is 22.5. The average molecular weight is 225 g/mol. The van der Waals surface area contributed by atoms with Crippen molar-refractivity contribution >= 4 is 23.3 Å². The van der Waals surface area contributed by atoms with Gasteiger partial charge in [-0.05, 0) is 19.8 Å². The lowest BCUT2D eigenvalue weighted by molar-refractivity contribution is -0.119. The zero-order valence-electron chi connectivity index (χ0n) is 8.91. The van der Waals surface area contributed by atoms with Gasteiger partial charge in [-0.3, -0.25) is 9.59 Å². The first-order chi connectivity index (χ1) is 7.20. The lowest BCUT2D eigenvalue weighted by Crippen LogP contribution is -2.29. The number of hydrogen-bond acceptors (Lipinski definition) is 4. The summed E-state index contributed by atoms with van der Waals surface area (Å²) < 4.78 is 0. The molecule has 2 heterocycles. The van der Waals surface area contributed by atoms with Gasteiger partial charge in [0.25, 0.3) is 0 Å². The molecule has 0 saturated carbocycles. The molecule has 2 aliphatic heterocycles. The third-order valence-electron chi connectivity index (χ3n) is 2.97. The molecule has 0 spiro atoms. The van der Waals surface area contributed by atoms with Crippen LogP contribution in [0.2, 0.25) is 0 Å². The van der Waals surface area contributed by atoms with Crippen LogP contribution in [0.5, 0.6) is 0 Å². The highest BCUT2D eigenvalue weighted by Gasteiger charge is 2.28. The highest BCUT2D eigenvalue weighted by atomic mass is 32.2. The van der Waals surface area contributed by atoms with E-state index in [0.29, 0.717) is 17.1 Å². The molecule has 0 bridgehead atoms. The van der Waals surface area contributed by atoms with Gasteiger partial charge in [-0.1, -0.05) is 0 Å². The smallest absolute Gasteiger partial charge is 0.178 e. The molecule has 3 nitrogen and oxygen atoms in total. The van der Waals surface area contributed by atoms with Gasteiger partial charge < -0.3 is 4.90 Å². The van der Waals surface area contributed by atoms with Crippen LogP contribution < -0.4 is 0 Å². The predicted octanol–water partition coefficient (Wildman–Crippen LogP) is 1.24. The molecule has 0 aliphatic carbocycles. The van der Waals surface area contributed by atoms with E-state index in [1.165, 1.54) is 24.6 Å². The van der Waals surface area contributed by atoms with Crippen molar-refractivity contribution in [3.8, 4) is 0 Å². The van der Waals surface area contributed by atoms with E-state index < -0.39 is 0 Å². The molecule has 0 aromatic rings. The largest absolute Gasteiger partial charge is 0.374 e. The third-order valence-corrected chi connectivity index (χ3v) is 3.90. The number of likely N-dealkylation sites (tertiary alicyclic amines) is 1. The maximum absolute atomic E-state index is 11.7. The molecule has 0 N–H and O–H groups in total. The Morgan fingerprint density at radius 3 is 2.20 bits per heavy atom. The fourth-order valence-corrected chi connectivity index (χ4v) is 2.91. The summed E-state index contributed by atoms with van der Waals surface area (Å²) in [7, 11) is 0. The highest BCUT2D eigenvalue weighted by molar-refractivity contribution is 8.00. The summed E-state index contributed by atoms with van der Waals surface area (Å²) in [5.41, 5.74) is 1.37. The summed E-state index contributed by atoms with van der Waals surface area (Å²) in [6.45, 7) is 3.89. The molecule has 15 heavy (non-hydrogen) atoms. The Morgan fingerprint density at radius 2 is 1.67 bits per heavy atom. The molecule has 0 aromatic carbocycles. The van der Waals surface area contributed by atoms with Gasteiger partial charge in [-0.15, -0.1) is 11.8 Å². The summed E-state index contributed by atoms with van der Waals surface area (Å²) in [6, 6.07) is 0. The number of carbonyl (C=O) groups excluding carboxylic acids is 2. The Bertz CT molecular complexity index is 311. The monoisotopic (exact) mass is 225 g/mol. The first kappa shape index (κ1) is 10.7. The van der Waals surface area contributed by atoms with Gasteiger partial charge in [-0.2, -0.15) is 0 Å². The Balaban J connectivity index is 2.27. The van der Waals surface area contributed by atoms with Crippen LogP contribution in [0.1, 0.15) is 19.8 Å². The molecule has 0 atom stereocenters. The van der Waals surface area contributed by atoms with E-state index in [9.17, 15) is 9.59 Å². The van der Waals surface area contributed by atoms with Crippen molar-refractivity contribution in [2.75, 3.05) is 24.6 Å². The van der Waals surface area contributed by atoms with E-state index >= 15 is 0 Å². The lowest BCUT2D eigenvalue weighted by atomic mass is 10.1. The summed E-state index contributed by atoms with van der Waals surface area (Å²) in [6.07, 6.45) is 2.34. The summed E-state index contributed by atoms with van der Waals surface area (Å²) >= 11 is 1.42. The molecule has 4 heteroatoms. The van der Waals surface area contributed by atoms with Gasteiger partial charge in [0.05, 0.1) is 17.1 Å². The van der Waals surface area contributed by atoms with Gasteiger partial charge in [-0.25, -0.2) is 0 Å². The van der Waals surface area contributed by atoms with Crippen LogP contribution in [0, 0.1) is 0 Å². The molecule has 0 aromatic heterocycles. The van der Waals surface area contributed by atoms with Crippen molar-refractivity contribution in [1.82, 2.24) is 4.90 Å². The van der Waals surface area contributed by atoms with E-state index in [1.807, 2.05) is 6.92 Å². The van der Waals surface area contributed by atoms with E-state index in [4.69, 9.17) is 0 Å². The number of carbonyl (C=O) groups is 2. The number of ketones is 2. The summed E-state index contributed by atoms with van der Waals surface area (Å²) in [4.78, 5) is 25.5. The minimum atomic E-state index is 0.0145. The summed E-state index contributed by atoms with van der Waals surface area (Å²) in [5.74, 6) is 0.958. The first-order valence-corrected chi connectivity index (χ1v) is 6.45. The van der Waals surface area contributed by atoms with Crippen LogP contribution in [0.3, 0.4) is 0 Å². The second-order valence-electron chi connectivity index (χ2n) is 3.99. The van der Waals surface area contributed by atoms with Gasteiger partial charge in [0.1, 0.15) is 0 Å². The zero-order chi connectivity index (χ0) is 10.8. The second kappa shape index (κ2) is 4.39. The van der Waals surface area contributed by atoms with Gasteiger partial charge in [0.2, 0.25) is 0 Å². The van der Waals surface area contributed by atoms with Crippen LogP contribution in [0.25, 0.3) is 0 Å². The van der Waals surface area contributed by atoms with Gasteiger partial charge >= 0.3 is 0 Å². The van der Waals surface area contributed by atoms with Crippen LogP contribution in [0.4, 0.5) is 0 Å². The maximum Gasteiger partial charge on any atom is 0.178 e. The van der Waals surface area contributed by atoms with Crippen LogP contribution in [-0.2, 0) is 9.59 Å². The van der Waals surface area contributed by atoms with Crippen molar-refractivity contribution in [2.24, 2.45) is 0 Å². The molecule has 0 amide bonds. The number of nitrogens with zero attached hydrogens (tertiary/aromatic N) is 1. The summed E-state index contributed by atoms with van der Waals surface area (Å²) in [5, 5.41) is 0. The quantitative estimate of drug-likeness (QED) is 0.497. The van der Waals surface area contributed by atoms with E-state index in [1.54, 1.807) is 0 Å². The molecule has 82 valence electrons. The topological polar surface area (TPSA) is 37.4 Å². The molecule has 2 saturated heterocycles. The zero-order valence-corrected chi connectivity index (χ0v) is 9.73. The third kappa shape index (κ3) is 2.09. The van der Waals surface area contributed by atoms with Gasteiger partial charge in [0.15, 0.2) is 11.6 Å². The van der Waals surface area contributed by atoms with Crippen LogP contribution in [0.15, 0.2) is 11.3 Å². The van der Waals surface area contributed by atoms with E-state index in [-0.39, 0.29) is 11.6 Å². The van der Waals surface area contributed by atoms with Crippen molar-refractivity contribution in [3.05, 3.63) is 11.3 Å². The fraction of sp³-hybridized carbons (Fsp3) is 0.636. The number of hydrogen-bond donors (Lipinski definition) is 0. The first-order valence-electron chi connectivity index (χ1n) is 5.30. The Hall–Kier alpha value is -0.770. The number of allylic oxidation sites excluding steroid dienone is 2. The van der Waals surface area contributed by atoms with Crippen molar-refractivity contribution in [2.45, 2.75) is 19.8 Å². The highest BCUT2D eigenvalue weighted by Crippen LogP contribution is 2.23. The number of rotatable bonds is 1. The van der Waals surface area contributed by atoms with E-state index in [2.05, 4.69) is 4.90 Å². The number of thioether (sulfide) groups is 1. The molecule has 2 fully saturated rings. The minimum absolute atomic E-state index is 0.0145. The van der Waals surface area contributed by atoms with Crippen molar-refractivity contribution < 1.29 is 9.59 Å². The SMILES string of the molecule is CC(=C1C(=O)CSCC1=O)N1CCCC1. The maximum atomic E-state index is 11.7. The molecular weight excluding hydrogens is 210 g/mol. The van der Waals surface area contributed by atoms with Crippen LogP contribution >= 0.6 is 11.8 Å². The Labute approximate surface area is 93.9 Å². The Kier molecular flexibility index (Phi) is 3.14. The minimum Gasteiger partial charge on any atom is -0.374 e. The van der Waals surface area contributed by atoms with E-state index in [0.717, 1.165) is 18.8 Å². The van der Waals surface area contributed by atoms with Crippen molar-refractivity contribution in [3.63, 3.8) is 0 Å². The number of Topliss-reactive ketones (excluding diaryl/α,β-unsaturated/α-hetero) is 2. The average Bonchev–Trinajstić information content (AvgIpc) is 2.69.